The number of benzene rings is 8. The van der Waals surface area contributed by atoms with Gasteiger partial charge >= 0.3 is 0 Å². The number of nitrogens with zero attached hydrogens (tertiary/aromatic N) is 4. The van der Waals surface area contributed by atoms with Gasteiger partial charge in [-0.15, -0.1) is 0 Å². The average Bonchev–Trinajstić information content (AvgIpc) is 3.95. The molecule has 0 atom stereocenters. The highest BCUT2D eigenvalue weighted by molar-refractivity contribution is 5.90. The van der Waals surface area contributed by atoms with Gasteiger partial charge in [0.15, 0.2) is 11.2 Å². The smallest absolute Gasteiger partial charge is 0.227 e. The van der Waals surface area contributed by atoms with Crippen LogP contribution in [-0.2, 0) is 10.8 Å². The van der Waals surface area contributed by atoms with Crippen LogP contribution < -0.4 is 9.80 Å². The Bertz CT molecular complexity index is 3080. The molecule has 0 aliphatic carbocycles. The van der Waals surface area contributed by atoms with Gasteiger partial charge in [0.05, 0.1) is 22.7 Å². The lowest BCUT2D eigenvalue weighted by molar-refractivity contribution is 0.615. The van der Waals surface area contributed by atoms with E-state index in [1.807, 2.05) is 48.5 Å². The summed E-state index contributed by atoms with van der Waals surface area (Å²) in [5.74, 6) is 1.27. The van der Waals surface area contributed by atoms with E-state index in [-0.39, 0.29) is 10.8 Å². The first-order valence-corrected chi connectivity index (χ1v) is 21.2. The average molecular weight is 803 g/mol. The van der Waals surface area contributed by atoms with Gasteiger partial charge in [-0.2, -0.15) is 0 Å². The van der Waals surface area contributed by atoms with E-state index in [1.54, 1.807) is 0 Å². The molecule has 0 N–H and O–H groups in total. The summed E-state index contributed by atoms with van der Waals surface area (Å²) < 4.78 is 12.5. The Balaban J connectivity index is 0.887. The second-order valence-corrected chi connectivity index (χ2v) is 17.5. The molecule has 2 aliphatic rings. The van der Waals surface area contributed by atoms with E-state index in [9.17, 15) is 0 Å². The Labute approximate surface area is 360 Å². The minimum atomic E-state index is -0.245. The Morgan fingerprint density at radius 3 is 1.13 bits per heavy atom. The number of rotatable bonds is 5. The Hall–Kier alpha value is -7.70. The first-order chi connectivity index (χ1) is 30.2. The molecule has 0 saturated heterocycles. The van der Waals surface area contributed by atoms with E-state index in [0.717, 1.165) is 67.2 Å². The third-order valence-corrected chi connectivity index (χ3v) is 13.1. The van der Waals surface area contributed by atoms with E-state index in [1.165, 1.54) is 33.6 Å². The lowest BCUT2D eigenvalue weighted by atomic mass is 9.73. The molecule has 10 aromatic rings. The van der Waals surface area contributed by atoms with Gasteiger partial charge < -0.3 is 18.6 Å². The molecule has 298 valence electrons. The van der Waals surface area contributed by atoms with E-state index in [4.69, 9.17) is 18.8 Å². The summed E-state index contributed by atoms with van der Waals surface area (Å²) in [5, 5.41) is 0. The van der Waals surface area contributed by atoms with Crippen molar-refractivity contribution in [2.75, 3.05) is 9.80 Å². The van der Waals surface area contributed by atoms with E-state index >= 15 is 0 Å². The molecular weight excluding hydrogens is 761 g/mol. The molecule has 6 heteroatoms. The number of anilines is 6. The van der Waals surface area contributed by atoms with Crippen LogP contribution in [0.1, 0.15) is 49.9 Å². The van der Waals surface area contributed by atoms with Crippen molar-refractivity contribution < 1.29 is 8.83 Å². The summed E-state index contributed by atoms with van der Waals surface area (Å²) in [6, 6.07) is 64.5. The molecule has 0 amide bonds. The lowest BCUT2D eigenvalue weighted by Crippen LogP contribution is -2.30. The van der Waals surface area contributed by atoms with Gasteiger partial charge in [0, 0.05) is 33.3 Å². The minimum absolute atomic E-state index is 0.245. The van der Waals surface area contributed by atoms with Gasteiger partial charge in [0.1, 0.15) is 11.0 Å². The van der Waals surface area contributed by atoms with E-state index in [0.29, 0.717) is 11.8 Å². The maximum absolute atomic E-state index is 6.23. The van der Waals surface area contributed by atoms with Crippen molar-refractivity contribution in [3.63, 3.8) is 0 Å². The maximum Gasteiger partial charge on any atom is 0.227 e. The zero-order valence-corrected chi connectivity index (χ0v) is 34.9. The predicted octanol–water partition coefficient (Wildman–Crippen LogP) is 15.2. The molecule has 0 bridgehead atoms. The van der Waals surface area contributed by atoms with Crippen molar-refractivity contribution in [3.05, 3.63) is 204 Å². The second-order valence-electron chi connectivity index (χ2n) is 17.5. The third kappa shape index (κ3) is 5.49. The van der Waals surface area contributed by atoms with Crippen LogP contribution >= 0.6 is 0 Å². The fourth-order valence-corrected chi connectivity index (χ4v) is 9.83. The molecule has 2 aliphatic heterocycles. The SMILES string of the molecule is CC1(C)c2ccccc2N(c2ccc(-c3ccc(N4c5ccccc5C(C)(C)c5cc(-c6nc7ccccc7o6)ccc54)cc3)cc2)c2ccc(-c3nc4ccccc4o3)cc21. The van der Waals surface area contributed by atoms with Crippen LogP contribution in [0, 0.1) is 0 Å². The number of para-hydroxylation sites is 6. The Morgan fingerprint density at radius 2 is 0.710 bits per heavy atom. The monoisotopic (exact) mass is 802 g/mol. The fraction of sp³-hybridized carbons (Fsp3) is 0.107. The molecule has 0 unspecified atom stereocenters. The lowest BCUT2D eigenvalue weighted by Gasteiger charge is -2.42. The number of hydrogen-bond acceptors (Lipinski definition) is 6. The van der Waals surface area contributed by atoms with Crippen molar-refractivity contribution in [1.29, 1.82) is 0 Å². The molecule has 0 radical (unpaired) electrons. The topological polar surface area (TPSA) is 58.5 Å². The van der Waals surface area contributed by atoms with Gasteiger partial charge in [0.25, 0.3) is 0 Å². The van der Waals surface area contributed by atoms with Crippen molar-refractivity contribution in [1.82, 2.24) is 9.97 Å². The quantitative estimate of drug-likeness (QED) is 0.173. The summed E-state index contributed by atoms with van der Waals surface area (Å²) in [6.45, 7) is 9.24. The number of aromatic nitrogens is 2. The molecule has 2 aromatic heterocycles. The minimum Gasteiger partial charge on any atom is -0.436 e. The van der Waals surface area contributed by atoms with Crippen molar-refractivity contribution >= 4 is 56.3 Å². The van der Waals surface area contributed by atoms with Crippen molar-refractivity contribution in [2.24, 2.45) is 0 Å². The van der Waals surface area contributed by atoms with E-state index < -0.39 is 0 Å². The normalized spacial score (nSPS) is 14.6. The zero-order valence-electron chi connectivity index (χ0n) is 34.9. The van der Waals surface area contributed by atoms with Crippen LogP contribution in [0.25, 0.3) is 56.2 Å². The molecule has 6 nitrogen and oxygen atoms in total. The summed E-state index contributed by atoms with van der Waals surface area (Å²) in [6.07, 6.45) is 0. The molecule has 0 saturated carbocycles. The summed E-state index contributed by atoms with van der Waals surface area (Å²) in [5.41, 5.74) is 18.9. The molecular formula is C56H42N4O2. The summed E-state index contributed by atoms with van der Waals surface area (Å²) in [7, 11) is 0. The van der Waals surface area contributed by atoms with Crippen LogP contribution in [0.15, 0.2) is 191 Å². The largest absolute Gasteiger partial charge is 0.436 e. The summed E-state index contributed by atoms with van der Waals surface area (Å²) >= 11 is 0. The number of fused-ring (bicyclic) bond motifs is 6. The van der Waals surface area contributed by atoms with Crippen LogP contribution in [0.5, 0.6) is 0 Å². The fourth-order valence-electron chi connectivity index (χ4n) is 9.83. The zero-order chi connectivity index (χ0) is 41.7. The van der Waals surface area contributed by atoms with Crippen LogP contribution in [0.4, 0.5) is 34.1 Å². The highest BCUT2D eigenvalue weighted by Gasteiger charge is 2.39. The second kappa shape index (κ2) is 13.4. The van der Waals surface area contributed by atoms with Crippen molar-refractivity contribution in [2.45, 2.75) is 38.5 Å². The summed E-state index contributed by atoms with van der Waals surface area (Å²) in [4.78, 5) is 14.4. The van der Waals surface area contributed by atoms with Crippen LogP contribution in [0.3, 0.4) is 0 Å². The van der Waals surface area contributed by atoms with Gasteiger partial charge in [-0.3, -0.25) is 0 Å². The van der Waals surface area contributed by atoms with E-state index in [2.05, 4.69) is 171 Å². The molecule has 0 fully saturated rings. The van der Waals surface area contributed by atoms with Crippen molar-refractivity contribution in [3.8, 4) is 34.0 Å². The molecule has 8 aromatic carbocycles. The highest BCUT2D eigenvalue weighted by Crippen LogP contribution is 2.54. The Morgan fingerprint density at radius 1 is 0.355 bits per heavy atom. The number of hydrogen-bond donors (Lipinski definition) is 0. The van der Waals surface area contributed by atoms with Gasteiger partial charge in [-0.05, 0) is 130 Å². The van der Waals surface area contributed by atoms with Crippen LogP contribution in [0.2, 0.25) is 0 Å². The molecule has 12 rings (SSSR count). The highest BCUT2D eigenvalue weighted by atomic mass is 16.4. The standard InChI is InChI=1S/C56H42N4O2/c1-55(2)41-13-5-9-17-47(41)59(49-31-25-37(33-43(49)55)53-57-45-15-7-11-19-51(45)61-53)39-27-21-35(22-28-39)36-23-29-40(30-24-36)60-48-18-10-6-14-42(48)56(3,4)44-34-38(26-32-50(44)60)54-58-46-16-8-12-20-52(46)62-54/h5-34H,1-4H3. The van der Waals surface area contributed by atoms with Crippen LogP contribution in [-0.4, -0.2) is 9.97 Å². The van der Waals surface area contributed by atoms with Gasteiger partial charge in [-0.25, -0.2) is 9.97 Å². The third-order valence-electron chi connectivity index (χ3n) is 13.1. The molecule has 0 spiro atoms. The predicted molar refractivity (Wildman–Crippen MR) is 252 cm³/mol. The Kier molecular flexibility index (Phi) is 7.82. The first kappa shape index (κ1) is 36.2. The number of oxazole rings is 2. The molecule has 62 heavy (non-hydrogen) atoms. The first-order valence-electron chi connectivity index (χ1n) is 21.2. The maximum atomic E-state index is 6.23. The molecule has 4 heterocycles. The van der Waals surface area contributed by atoms with Gasteiger partial charge in [-0.1, -0.05) is 113 Å². The van der Waals surface area contributed by atoms with Gasteiger partial charge in [0.2, 0.25) is 11.8 Å².